The first-order chi connectivity index (χ1) is 9.40. The lowest BCUT2D eigenvalue weighted by atomic mass is 10.1. The lowest BCUT2D eigenvalue weighted by Crippen LogP contribution is -2.34. The molecular formula is C12H11F2N3O3. The van der Waals surface area contributed by atoms with Crippen LogP contribution < -0.4 is 5.32 Å². The number of rotatable bonds is 5. The van der Waals surface area contributed by atoms with Gasteiger partial charge < -0.3 is 5.32 Å². The molecule has 106 valence electrons. The summed E-state index contributed by atoms with van der Waals surface area (Å²) in [6.45, 7) is 1.70. The molecule has 0 bridgehead atoms. The number of amides is 1. The van der Waals surface area contributed by atoms with Crippen molar-refractivity contribution in [3.8, 4) is 6.07 Å². The van der Waals surface area contributed by atoms with E-state index in [0.717, 1.165) is 0 Å². The van der Waals surface area contributed by atoms with Crippen LogP contribution in [0.5, 0.6) is 0 Å². The van der Waals surface area contributed by atoms with Crippen molar-refractivity contribution in [1.29, 1.82) is 5.26 Å². The monoisotopic (exact) mass is 283 g/mol. The van der Waals surface area contributed by atoms with Gasteiger partial charge in [0.1, 0.15) is 5.82 Å². The minimum atomic E-state index is -1.40. The summed E-state index contributed by atoms with van der Waals surface area (Å²) in [6.07, 6.45) is 0.416. The predicted molar refractivity (Wildman–Crippen MR) is 64.8 cm³/mol. The van der Waals surface area contributed by atoms with Crippen LogP contribution in [0.4, 0.5) is 14.5 Å². The predicted octanol–water partition coefficient (Wildman–Crippen LogP) is 2.30. The topological polar surface area (TPSA) is 96.0 Å². The van der Waals surface area contributed by atoms with Gasteiger partial charge in [0.2, 0.25) is 5.82 Å². The zero-order valence-corrected chi connectivity index (χ0v) is 10.5. The maximum atomic E-state index is 13.8. The van der Waals surface area contributed by atoms with Gasteiger partial charge in [-0.2, -0.15) is 9.65 Å². The van der Waals surface area contributed by atoms with Crippen LogP contribution in [0.2, 0.25) is 0 Å². The molecule has 0 saturated heterocycles. The molecule has 8 heteroatoms. The van der Waals surface area contributed by atoms with Crippen LogP contribution in [-0.4, -0.2) is 16.9 Å². The van der Waals surface area contributed by atoms with Crippen LogP contribution in [-0.2, 0) is 0 Å². The van der Waals surface area contributed by atoms with Gasteiger partial charge in [-0.1, -0.05) is 6.92 Å². The normalized spacial score (nSPS) is 11.5. The van der Waals surface area contributed by atoms with E-state index in [1.165, 1.54) is 0 Å². The van der Waals surface area contributed by atoms with Crippen molar-refractivity contribution < 1.29 is 18.5 Å². The second-order valence-corrected chi connectivity index (χ2v) is 3.98. The number of hydrogen-bond acceptors (Lipinski definition) is 4. The highest BCUT2D eigenvalue weighted by Crippen LogP contribution is 2.22. The lowest BCUT2D eigenvalue weighted by Gasteiger charge is -2.13. The van der Waals surface area contributed by atoms with Crippen LogP contribution in [0.15, 0.2) is 12.1 Å². The number of halogens is 2. The van der Waals surface area contributed by atoms with E-state index in [2.05, 4.69) is 5.32 Å². The standard InChI is InChI=1S/C12H11F2N3O3/c1-2-8(3-4-15)16-12(18)9-5-7(13)6-10(11(9)14)17(19)20/h5-6,8H,2-3H2,1H3,(H,16,18). The van der Waals surface area contributed by atoms with E-state index < -0.39 is 39.8 Å². The molecule has 0 radical (unpaired) electrons. The Kier molecular flexibility index (Phi) is 5.08. The number of benzene rings is 1. The van der Waals surface area contributed by atoms with E-state index in [-0.39, 0.29) is 6.42 Å². The molecule has 1 aromatic carbocycles. The Balaban J connectivity index is 3.10. The van der Waals surface area contributed by atoms with Crippen molar-refractivity contribution in [2.24, 2.45) is 0 Å². The summed E-state index contributed by atoms with van der Waals surface area (Å²) in [5.74, 6) is -3.48. The first-order valence-corrected chi connectivity index (χ1v) is 5.71. The Hall–Kier alpha value is -2.56. The zero-order chi connectivity index (χ0) is 15.3. The smallest absolute Gasteiger partial charge is 0.308 e. The first-order valence-electron chi connectivity index (χ1n) is 5.71. The summed E-state index contributed by atoms with van der Waals surface area (Å²) >= 11 is 0. The van der Waals surface area contributed by atoms with Crippen molar-refractivity contribution in [3.05, 3.63) is 39.4 Å². The van der Waals surface area contributed by atoms with Crippen LogP contribution in [0.1, 0.15) is 30.1 Å². The average Bonchev–Trinajstić information content (AvgIpc) is 2.39. The number of nitrogens with zero attached hydrogens (tertiary/aromatic N) is 2. The summed E-state index contributed by atoms with van der Waals surface area (Å²) in [5, 5.41) is 21.4. The van der Waals surface area contributed by atoms with E-state index in [4.69, 9.17) is 5.26 Å². The average molecular weight is 283 g/mol. The fourth-order valence-corrected chi connectivity index (χ4v) is 1.54. The molecule has 0 saturated carbocycles. The first kappa shape index (κ1) is 15.5. The second kappa shape index (κ2) is 6.56. The number of carbonyl (C=O) groups excluding carboxylic acids is 1. The van der Waals surface area contributed by atoms with Gasteiger partial charge in [-0.25, -0.2) is 4.39 Å². The van der Waals surface area contributed by atoms with Crippen LogP contribution in [0, 0.1) is 33.1 Å². The van der Waals surface area contributed by atoms with Crippen molar-refractivity contribution in [3.63, 3.8) is 0 Å². The molecule has 0 aromatic heterocycles. The number of nitro benzene ring substituents is 1. The molecule has 0 aliphatic rings. The maximum Gasteiger partial charge on any atom is 0.308 e. The molecule has 1 amide bonds. The van der Waals surface area contributed by atoms with Gasteiger partial charge in [-0.05, 0) is 12.5 Å². The third-order valence-electron chi connectivity index (χ3n) is 2.63. The molecule has 1 aromatic rings. The highest BCUT2D eigenvalue weighted by Gasteiger charge is 2.25. The SMILES string of the molecule is CCC(CC#N)NC(=O)c1cc(F)cc([N+](=O)[O-])c1F. The van der Waals surface area contributed by atoms with Gasteiger partial charge in [-0.15, -0.1) is 0 Å². The molecule has 0 aliphatic carbocycles. The van der Waals surface area contributed by atoms with E-state index in [0.29, 0.717) is 18.6 Å². The summed E-state index contributed by atoms with van der Waals surface area (Å²) < 4.78 is 27.0. The molecule has 1 rings (SSSR count). The largest absolute Gasteiger partial charge is 0.348 e. The van der Waals surface area contributed by atoms with Crippen LogP contribution in [0.25, 0.3) is 0 Å². The Morgan fingerprint density at radius 3 is 2.70 bits per heavy atom. The summed E-state index contributed by atoms with van der Waals surface area (Å²) in [4.78, 5) is 21.2. The van der Waals surface area contributed by atoms with Gasteiger partial charge >= 0.3 is 5.69 Å². The number of hydrogen-bond donors (Lipinski definition) is 1. The molecule has 6 nitrogen and oxygen atoms in total. The number of nitriles is 1. The molecule has 0 spiro atoms. The summed E-state index contributed by atoms with van der Waals surface area (Å²) in [5.41, 5.74) is -1.86. The zero-order valence-electron chi connectivity index (χ0n) is 10.5. The fourth-order valence-electron chi connectivity index (χ4n) is 1.54. The summed E-state index contributed by atoms with van der Waals surface area (Å²) in [6, 6.07) is 2.29. The van der Waals surface area contributed by atoms with E-state index in [1.54, 1.807) is 6.92 Å². The molecule has 0 aliphatic heterocycles. The van der Waals surface area contributed by atoms with E-state index in [1.807, 2.05) is 6.07 Å². The number of carbonyl (C=O) groups is 1. The minimum Gasteiger partial charge on any atom is -0.348 e. The highest BCUT2D eigenvalue weighted by molar-refractivity contribution is 5.95. The van der Waals surface area contributed by atoms with Crippen LogP contribution in [0.3, 0.4) is 0 Å². The quantitative estimate of drug-likeness (QED) is 0.662. The Morgan fingerprint density at radius 1 is 1.55 bits per heavy atom. The summed E-state index contributed by atoms with van der Waals surface area (Å²) in [7, 11) is 0. The molecule has 1 atom stereocenters. The Bertz CT molecular complexity index is 584. The van der Waals surface area contributed by atoms with Gasteiger partial charge in [0, 0.05) is 6.04 Å². The van der Waals surface area contributed by atoms with Crippen molar-refractivity contribution >= 4 is 11.6 Å². The third kappa shape index (κ3) is 3.47. The Morgan fingerprint density at radius 2 is 2.20 bits per heavy atom. The van der Waals surface area contributed by atoms with Gasteiger partial charge in [0.25, 0.3) is 5.91 Å². The molecule has 0 fully saturated rings. The molecule has 1 unspecified atom stereocenters. The third-order valence-corrected chi connectivity index (χ3v) is 2.63. The molecular weight excluding hydrogens is 272 g/mol. The van der Waals surface area contributed by atoms with Crippen LogP contribution >= 0.6 is 0 Å². The van der Waals surface area contributed by atoms with E-state index >= 15 is 0 Å². The Labute approximate surface area is 113 Å². The van der Waals surface area contributed by atoms with Gasteiger partial charge in [-0.3, -0.25) is 14.9 Å². The number of nitrogens with one attached hydrogen (secondary N) is 1. The highest BCUT2D eigenvalue weighted by atomic mass is 19.1. The number of nitro groups is 1. The van der Waals surface area contributed by atoms with Crippen molar-refractivity contribution in [1.82, 2.24) is 5.32 Å². The maximum absolute atomic E-state index is 13.8. The lowest BCUT2D eigenvalue weighted by molar-refractivity contribution is -0.387. The molecule has 20 heavy (non-hydrogen) atoms. The van der Waals surface area contributed by atoms with Gasteiger partial charge in [0.15, 0.2) is 0 Å². The van der Waals surface area contributed by atoms with Crippen molar-refractivity contribution in [2.75, 3.05) is 0 Å². The second-order valence-electron chi connectivity index (χ2n) is 3.98. The van der Waals surface area contributed by atoms with Gasteiger partial charge in [0.05, 0.1) is 29.0 Å². The molecule has 0 heterocycles. The van der Waals surface area contributed by atoms with Crippen molar-refractivity contribution in [2.45, 2.75) is 25.8 Å². The molecule has 1 N–H and O–H groups in total. The fraction of sp³-hybridized carbons (Fsp3) is 0.333. The van der Waals surface area contributed by atoms with E-state index in [9.17, 15) is 23.7 Å². The minimum absolute atomic E-state index is 0.00126.